The van der Waals surface area contributed by atoms with Crippen LogP contribution >= 0.6 is 11.9 Å². The molecule has 0 aliphatic rings. The maximum Gasteiger partial charge on any atom is 3.00 e. The Morgan fingerprint density at radius 3 is 1.12 bits per heavy atom. The minimum Gasteiger partial charge on any atom is -0.769 e. The van der Waals surface area contributed by atoms with Crippen LogP contribution in [-0.4, -0.2) is 34.9 Å². The molecule has 0 unspecified atom stereocenters. The van der Waals surface area contributed by atoms with Gasteiger partial charge in [-0.2, -0.15) is 0 Å². The van der Waals surface area contributed by atoms with Crippen LogP contribution in [0.15, 0.2) is 0 Å². The summed E-state index contributed by atoms with van der Waals surface area (Å²) in [7, 11) is -5.17. The van der Waals surface area contributed by atoms with Crippen molar-refractivity contribution in [2.24, 2.45) is 0 Å². The molecule has 0 aliphatic carbocycles. The number of hydrogen-bond donors (Lipinski definition) is 0. The van der Waals surface area contributed by atoms with Crippen molar-refractivity contribution in [2.75, 3.05) is 0 Å². The minimum absolute atomic E-state index is 0. The van der Waals surface area contributed by atoms with E-state index in [1.54, 1.807) is 0 Å². The second-order valence-electron chi connectivity index (χ2n) is 0.408. The first-order chi connectivity index (χ1) is 3.00. The van der Waals surface area contributed by atoms with Gasteiger partial charge in [-0.05, 0) is 0 Å². The van der Waals surface area contributed by atoms with Crippen LogP contribution in [0.5, 0.6) is 0 Å². The van der Waals surface area contributed by atoms with Crippen molar-refractivity contribution in [3.8, 4) is 0 Å². The van der Waals surface area contributed by atoms with E-state index in [2.05, 4.69) is 11.9 Å². The van der Waals surface area contributed by atoms with Gasteiger partial charge in [0.15, 0.2) is 0 Å². The summed E-state index contributed by atoms with van der Waals surface area (Å²) >= 11 is 3.39. The third-order valence-electron chi connectivity index (χ3n) is 0. The van der Waals surface area contributed by atoms with Crippen molar-refractivity contribution in [2.45, 2.75) is 0 Å². The third kappa shape index (κ3) is 499. The molecular formula is AlClO5S. The van der Waals surface area contributed by atoms with Crippen molar-refractivity contribution in [1.29, 1.82) is 0 Å². The van der Waals surface area contributed by atoms with E-state index in [0.29, 0.717) is 0 Å². The zero-order chi connectivity index (χ0) is 6.50. The first kappa shape index (κ1) is 15.9. The van der Waals surface area contributed by atoms with Gasteiger partial charge in [0.25, 0.3) is 0 Å². The fourth-order valence-electron chi connectivity index (χ4n) is 0. The first-order valence-corrected chi connectivity index (χ1v) is 2.46. The van der Waals surface area contributed by atoms with E-state index in [0.717, 1.165) is 0 Å². The Kier molecular flexibility index (Phi) is 15.2. The number of rotatable bonds is 0. The molecule has 0 rings (SSSR count). The monoisotopic (exact) mass is 174 g/mol. The normalized spacial score (nSPS) is 8.00. The molecule has 8 heavy (non-hydrogen) atoms. The van der Waals surface area contributed by atoms with E-state index < -0.39 is 10.4 Å². The van der Waals surface area contributed by atoms with Crippen LogP contribution in [0.25, 0.3) is 0 Å². The van der Waals surface area contributed by atoms with Gasteiger partial charge in [-0.3, -0.25) is 8.42 Å². The predicted octanol–water partition coefficient (Wildman–Crippen LogP) is -2.22. The standard InChI is InChI=1S/Al.ClO.H2O4S/c;1-2;1-5(2,3)4/h;;(H2,1,2,3,4)/q+3;-1;/p-2. The van der Waals surface area contributed by atoms with Gasteiger partial charge < -0.3 is 13.8 Å². The number of halogens is 1. The quantitative estimate of drug-likeness (QED) is 0.235. The van der Waals surface area contributed by atoms with Gasteiger partial charge in [0.2, 0.25) is 0 Å². The molecule has 0 N–H and O–H groups in total. The number of hydrogen-bond acceptors (Lipinski definition) is 5. The van der Waals surface area contributed by atoms with Crippen LogP contribution in [-0.2, 0) is 10.4 Å². The summed E-state index contributed by atoms with van der Waals surface area (Å²) in [6.45, 7) is 0. The van der Waals surface area contributed by atoms with Crippen LogP contribution in [0.1, 0.15) is 0 Å². The van der Waals surface area contributed by atoms with Gasteiger partial charge in [0, 0.05) is 10.4 Å². The second-order valence-corrected chi connectivity index (χ2v) is 1.22. The fourth-order valence-corrected chi connectivity index (χ4v) is 0. The largest absolute Gasteiger partial charge is 3.00 e. The zero-order valence-corrected chi connectivity index (χ0v) is 6.13. The molecule has 0 amide bonds. The summed E-state index contributed by atoms with van der Waals surface area (Å²) < 4.78 is 41.8. The average molecular weight is 174 g/mol. The summed E-state index contributed by atoms with van der Waals surface area (Å²) in [5.41, 5.74) is 0. The first-order valence-electron chi connectivity index (χ1n) is 0.821. The topological polar surface area (TPSA) is 103 Å². The summed E-state index contributed by atoms with van der Waals surface area (Å²) in [5.74, 6) is 0. The van der Waals surface area contributed by atoms with Gasteiger partial charge in [-0.15, -0.1) is 0 Å². The zero-order valence-electron chi connectivity index (χ0n) is 3.40. The second kappa shape index (κ2) is 7.65. The van der Waals surface area contributed by atoms with Crippen molar-refractivity contribution in [3.63, 3.8) is 0 Å². The third-order valence-corrected chi connectivity index (χ3v) is 0. The van der Waals surface area contributed by atoms with Crippen molar-refractivity contribution < 1.29 is 22.2 Å². The predicted molar refractivity (Wildman–Crippen MR) is 22.1 cm³/mol. The van der Waals surface area contributed by atoms with Crippen LogP contribution in [0.2, 0.25) is 0 Å². The molecule has 0 aromatic carbocycles. The molecule has 0 aromatic rings. The molecule has 46 valence electrons. The molecule has 0 bridgehead atoms. The molecule has 0 fully saturated rings. The van der Waals surface area contributed by atoms with Gasteiger partial charge in [0.05, 0.1) is 0 Å². The van der Waals surface area contributed by atoms with Crippen LogP contribution in [0.4, 0.5) is 0 Å². The fraction of sp³-hybridized carbons (Fsp3) is 0. The van der Waals surface area contributed by atoms with E-state index in [1.807, 2.05) is 0 Å². The van der Waals surface area contributed by atoms with Crippen molar-refractivity contribution in [3.05, 3.63) is 0 Å². The molecule has 0 spiro atoms. The Morgan fingerprint density at radius 1 is 1.12 bits per heavy atom. The Morgan fingerprint density at radius 2 is 1.12 bits per heavy atom. The Balaban J connectivity index is -0.0000000750. The van der Waals surface area contributed by atoms with E-state index in [9.17, 15) is 0 Å². The summed E-state index contributed by atoms with van der Waals surface area (Å²) in [5, 5.41) is 0. The molecular weight excluding hydrogens is 174 g/mol. The van der Waals surface area contributed by atoms with E-state index in [4.69, 9.17) is 22.2 Å². The van der Waals surface area contributed by atoms with Crippen LogP contribution in [0.3, 0.4) is 0 Å². The average Bonchev–Trinajstić information content (AvgIpc) is 1.36. The molecule has 0 aliphatic heterocycles. The molecule has 0 radical (unpaired) electrons. The van der Waals surface area contributed by atoms with E-state index in [1.165, 1.54) is 0 Å². The van der Waals surface area contributed by atoms with E-state index in [-0.39, 0.29) is 17.4 Å². The van der Waals surface area contributed by atoms with E-state index >= 15 is 0 Å². The Bertz CT molecular complexity index is 95.6. The molecule has 0 atom stereocenters. The minimum atomic E-state index is -5.17. The van der Waals surface area contributed by atoms with Gasteiger partial charge >= 0.3 is 17.4 Å². The van der Waals surface area contributed by atoms with Crippen molar-refractivity contribution in [1.82, 2.24) is 0 Å². The smallest absolute Gasteiger partial charge is 0.769 e. The maximum atomic E-state index is 8.52. The van der Waals surface area contributed by atoms with Crippen LogP contribution in [0, 0.1) is 0 Å². The van der Waals surface area contributed by atoms with Crippen LogP contribution < -0.4 is 4.66 Å². The summed E-state index contributed by atoms with van der Waals surface area (Å²) in [6, 6.07) is 0. The molecule has 0 aromatic heterocycles. The summed E-state index contributed by atoms with van der Waals surface area (Å²) in [4.78, 5) is 0. The molecule has 0 heterocycles. The molecule has 0 saturated heterocycles. The molecule has 5 nitrogen and oxygen atoms in total. The molecule has 8 heteroatoms. The van der Waals surface area contributed by atoms with Gasteiger partial charge in [0.1, 0.15) is 0 Å². The molecule has 0 saturated carbocycles. The SMILES string of the molecule is O=S(=O)([O-])[O-].[Al+3].[O-]Cl. The maximum absolute atomic E-state index is 8.52. The van der Waals surface area contributed by atoms with Gasteiger partial charge in [-0.25, -0.2) is 11.9 Å². The van der Waals surface area contributed by atoms with Gasteiger partial charge in [-0.1, -0.05) is 0 Å². The Labute approximate surface area is 62.2 Å². The summed E-state index contributed by atoms with van der Waals surface area (Å²) in [6.07, 6.45) is 0. The van der Waals surface area contributed by atoms with Crippen molar-refractivity contribution >= 4 is 39.6 Å². The Hall–Kier alpha value is 0.652.